The third kappa shape index (κ3) is 4.20. The summed E-state index contributed by atoms with van der Waals surface area (Å²) in [5.74, 6) is 2.71. The monoisotopic (exact) mass is 286 g/mol. The van der Waals surface area contributed by atoms with E-state index in [-0.39, 0.29) is 0 Å². The molecule has 0 saturated heterocycles. The van der Waals surface area contributed by atoms with Gasteiger partial charge in [-0.05, 0) is 30.4 Å². The van der Waals surface area contributed by atoms with Crippen molar-refractivity contribution in [3.05, 3.63) is 29.8 Å². The lowest BCUT2D eigenvalue weighted by Crippen LogP contribution is -2.12. The van der Waals surface area contributed by atoms with Crippen LogP contribution in [0.2, 0.25) is 0 Å². The van der Waals surface area contributed by atoms with Crippen molar-refractivity contribution in [2.45, 2.75) is 25.7 Å². The maximum absolute atomic E-state index is 3.60. The van der Waals surface area contributed by atoms with Gasteiger partial charge in [0.25, 0.3) is 0 Å². The van der Waals surface area contributed by atoms with E-state index in [0.717, 1.165) is 17.2 Å². The zero-order valence-electron chi connectivity index (χ0n) is 9.66. The van der Waals surface area contributed by atoms with E-state index >= 15 is 0 Å². The second kappa shape index (κ2) is 6.59. The Hall–Kier alpha value is 0.0500. The lowest BCUT2D eigenvalue weighted by molar-refractivity contribution is 0.474. The van der Waals surface area contributed by atoms with Crippen LogP contribution < -0.4 is 0 Å². The summed E-state index contributed by atoms with van der Waals surface area (Å²) in [6.07, 6.45) is 0. The van der Waals surface area contributed by atoms with Gasteiger partial charge in [0, 0.05) is 16.0 Å². The highest BCUT2D eigenvalue weighted by Crippen LogP contribution is 2.27. The Morgan fingerprint density at radius 3 is 2.47 bits per heavy atom. The third-order valence-corrected chi connectivity index (χ3v) is 4.88. The number of hydrogen-bond acceptors (Lipinski definition) is 1. The highest BCUT2D eigenvalue weighted by molar-refractivity contribution is 9.09. The summed E-state index contributed by atoms with van der Waals surface area (Å²) in [4.78, 5) is 1.42. The van der Waals surface area contributed by atoms with E-state index in [1.807, 2.05) is 11.8 Å². The van der Waals surface area contributed by atoms with Crippen molar-refractivity contribution in [1.82, 2.24) is 0 Å². The molecule has 0 amide bonds. The van der Waals surface area contributed by atoms with Crippen LogP contribution in [0.1, 0.15) is 19.4 Å². The molecular weight excluding hydrogens is 268 g/mol. The maximum atomic E-state index is 3.60. The van der Waals surface area contributed by atoms with Gasteiger partial charge in [0.2, 0.25) is 0 Å². The van der Waals surface area contributed by atoms with Gasteiger partial charge in [-0.15, -0.1) is 11.8 Å². The first kappa shape index (κ1) is 13.1. The van der Waals surface area contributed by atoms with E-state index in [1.165, 1.54) is 16.2 Å². The van der Waals surface area contributed by atoms with E-state index in [2.05, 4.69) is 61.0 Å². The highest BCUT2D eigenvalue weighted by Gasteiger charge is 2.12. The Morgan fingerprint density at radius 2 is 1.93 bits per heavy atom. The number of halogens is 1. The van der Waals surface area contributed by atoms with Gasteiger partial charge in [0.05, 0.1) is 0 Å². The van der Waals surface area contributed by atoms with Crippen molar-refractivity contribution in [1.29, 1.82) is 0 Å². The van der Waals surface area contributed by atoms with Crippen molar-refractivity contribution >= 4 is 27.7 Å². The average Bonchev–Trinajstić information content (AvgIpc) is 2.21. The lowest BCUT2D eigenvalue weighted by atomic mass is 10.0. The topological polar surface area (TPSA) is 0 Å². The van der Waals surface area contributed by atoms with Crippen LogP contribution >= 0.6 is 27.7 Å². The number of rotatable bonds is 5. The first-order valence-corrected chi connectivity index (χ1v) is 7.50. The predicted molar refractivity (Wildman–Crippen MR) is 74.0 cm³/mol. The summed E-state index contributed by atoms with van der Waals surface area (Å²) in [7, 11) is 0. The van der Waals surface area contributed by atoms with Crippen LogP contribution in [-0.2, 0) is 0 Å². The van der Waals surface area contributed by atoms with Crippen LogP contribution in [0.4, 0.5) is 0 Å². The van der Waals surface area contributed by atoms with Gasteiger partial charge in [-0.2, -0.15) is 0 Å². The Morgan fingerprint density at radius 1 is 1.27 bits per heavy atom. The molecule has 0 aliphatic carbocycles. The van der Waals surface area contributed by atoms with E-state index in [9.17, 15) is 0 Å². The molecule has 0 fully saturated rings. The molecule has 1 aromatic carbocycles. The number of alkyl halides is 1. The first-order chi connectivity index (χ1) is 7.15. The summed E-state index contributed by atoms with van der Waals surface area (Å²) >= 11 is 5.57. The summed E-state index contributed by atoms with van der Waals surface area (Å²) in [5, 5.41) is 1.10. The molecule has 15 heavy (non-hydrogen) atoms. The largest absolute Gasteiger partial charge is 0.126 e. The van der Waals surface area contributed by atoms with Gasteiger partial charge < -0.3 is 0 Å². The smallest absolute Gasteiger partial charge is 0.0101 e. The van der Waals surface area contributed by atoms with E-state index < -0.39 is 0 Å². The molecule has 84 valence electrons. The van der Waals surface area contributed by atoms with Gasteiger partial charge in [-0.1, -0.05) is 48.0 Å². The quantitative estimate of drug-likeness (QED) is 0.556. The zero-order chi connectivity index (χ0) is 11.3. The van der Waals surface area contributed by atoms with Gasteiger partial charge in [0.15, 0.2) is 0 Å². The van der Waals surface area contributed by atoms with Gasteiger partial charge in [-0.3, -0.25) is 0 Å². The van der Waals surface area contributed by atoms with Crippen LogP contribution in [-0.4, -0.2) is 11.1 Å². The third-order valence-electron chi connectivity index (χ3n) is 2.69. The minimum absolute atomic E-state index is 0.751. The predicted octanol–water partition coefficient (Wildman–Crippen LogP) is 4.75. The summed E-state index contributed by atoms with van der Waals surface area (Å²) < 4.78 is 0. The minimum Gasteiger partial charge on any atom is -0.126 e. The van der Waals surface area contributed by atoms with Crippen LogP contribution in [0.5, 0.6) is 0 Å². The fourth-order valence-electron chi connectivity index (χ4n) is 1.33. The van der Waals surface area contributed by atoms with E-state index in [0.29, 0.717) is 0 Å². The van der Waals surface area contributed by atoms with Crippen molar-refractivity contribution in [3.63, 3.8) is 0 Å². The number of aryl methyl sites for hydroxylation is 1. The van der Waals surface area contributed by atoms with Crippen molar-refractivity contribution in [2.24, 2.45) is 11.8 Å². The van der Waals surface area contributed by atoms with Gasteiger partial charge in [0.1, 0.15) is 0 Å². The molecule has 1 atom stereocenters. The van der Waals surface area contributed by atoms with Crippen molar-refractivity contribution in [3.8, 4) is 0 Å². The van der Waals surface area contributed by atoms with E-state index in [1.54, 1.807) is 0 Å². The molecule has 0 spiro atoms. The Balaban J connectivity index is 2.53. The zero-order valence-corrected chi connectivity index (χ0v) is 12.1. The van der Waals surface area contributed by atoms with Crippen molar-refractivity contribution in [2.75, 3.05) is 11.1 Å². The van der Waals surface area contributed by atoms with Crippen molar-refractivity contribution < 1.29 is 0 Å². The molecule has 0 N–H and O–H groups in total. The van der Waals surface area contributed by atoms with Crippen LogP contribution in [0.3, 0.4) is 0 Å². The number of thioether (sulfide) groups is 1. The summed E-state index contributed by atoms with van der Waals surface area (Å²) in [6, 6.07) is 8.62. The summed E-state index contributed by atoms with van der Waals surface area (Å²) in [5.41, 5.74) is 1.39. The molecule has 1 unspecified atom stereocenters. The Labute approximate surface area is 106 Å². The van der Waals surface area contributed by atoms with E-state index in [4.69, 9.17) is 0 Å². The maximum Gasteiger partial charge on any atom is 0.0101 e. The van der Waals surface area contributed by atoms with Crippen LogP contribution in [0.15, 0.2) is 29.2 Å². The normalized spacial score (nSPS) is 13.1. The SMILES string of the molecule is Cc1ccccc1SCC(CBr)C(C)C. The molecule has 0 nitrogen and oxygen atoms in total. The molecule has 0 aliphatic heterocycles. The lowest BCUT2D eigenvalue weighted by Gasteiger charge is -2.17. The molecule has 0 radical (unpaired) electrons. The molecule has 0 aliphatic rings. The molecule has 0 heterocycles. The first-order valence-electron chi connectivity index (χ1n) is 5.39. The molecule has 0 bridgehead atoms. The fourth-order valence-corrected chi connectivity index (χ4v) is 3.98. The average molecular weight is 287 g/mol. The summed E-state index contributed by atoms with van der Waals surface area (Å²) in [6.45, 7) is 6.77. The standard InChI is InChI=1S/C13H19BrS/c1-10(2)12(8-14)9-15-13-7-5-4-6-11(13)3/h4-7,10,12H,8-9H2,1-3H3. The Bertz CT molecular complexity index is 296. The Kier molecular flexibility index (Phi) is 5.77. The highest BCUT2D eigenvalue weighted by atomic mass is 79.9. The second-order valence-corrected chi connectivity index (χ2v) is 5.94. The number of benzene rings is 1. The van der Waals surface area contributed by atoms with Gasteiger partial charge in [-0.25, -0.2) is 0 Å². The molecular formula is C13H19BrS. The number of hydrogen-bond donors (Lipinski definition) is 0. The molecule has 0 saturated carbocycles. The van der Waals surface area contributed by atoms with Crippen LogP contribution in [0, 0.1) is 18.8 Å². The molecule has 0 aromatic heterocycles. The fraction of sp³-hybridized carbons (Fsp3) is 0.538. The molecule has 2 heteroatoms. The molecule has 1 aromatic rings. The second-order valence-electron chi connectivity index (χ2n) is 4.23. The van der Waals surface area contributed by atoms with Crippen LogP contribution in [0.25, 0.3) is 0 Å². The molecule has 1 rings (SSSR count). The minimum atomic E-state index is 0.751. The van der Waals surface area contributed by atoms with Gasteiger partial charge >= 0.3 is 0 Å².